The third-order valence-corrected chi connectivity index (χ3v) is 5.49. The van der Waals surface area contributed by atoms with Crippen LogP contribution in [0.15, 0.2) is 53.1 Å². The van der Waals surface area contributed by atoms with Crippen LogP contribution in [0.2, 0.25) is 0 Å². The van der Waals surface area contributed by atoms with Crippen molar-refractivity contribution in [3.8, 4) is 0 Å². The lowest BCUT2D eigenvalue weighted by Gasteiger charge is -2.22. The predicted molar refractivity (Wildman–Crippen MR) is 109 cm³/mol. The second kappa shape index (κ2) is 7.62. The van der Waals surface area contributed by atoms with Gasteiger partial charge in [0.2, 0.25) is 0 Å². The average molecular weight is 392 g/mol. The summed E-state index contributed by atoms with van der Waals surface area (Å²) in [6, 6.07) is 13.4. The number of rotatable bonds is 5. The molecule has 0 saturated carbocycles. The van der Waals surface area contributed by atoms with E-state index in [1.54, 1.807) is 17.2 Å². The van der Waals surface area contributed by atoms with E-state index in [0.717, 1.165) is 34.8 Å². The Morgan fingerprint density at radius 2 is 1.97 bits per heavy atom. The van der Waals surface area contributed by atoms with Crippen molar-refractivity contribution in [2.45, 2.75) is 39.8 Å². The molecule has 0 radical (unpaired) electrons. The van der Waals surface area contributed by atoms with E-state index in [9.17, 15) is 9.59 Å². The molecule has 6 nitrogen and oxygen atoms in total. The van der Waals surface area contributed by atoms with Gasteiger partial charge in [0, 0.05) is 23.1 Å². The Morgan fingerprint density at radius 3 is 2.72 bits per heavy atom. The summed E-state index contributed by atoms with van der Waals surface area (Å²) in [5.74, 6) is 0.112. The fourth-order valence-electron chi connectivity index (χ4n) is 4.03. The van der Waals surface area contributed by atoms with Crippen LogP contribution in [-0.2, 0) is 22.5 Å². The average Bonchev–Trinajstić information content (AvgIpc) is 3.40. The number of carbonyl (C=O) groups excluding carboxylic acids is 2. The van der Waals surface area contributed by atoms with Crippen molar-refractivity contribution in [2.24, 2.45) is 0 Å². The van der Waals surface area contributed by atoms with Crippen LogP contribution in [0.1, 0.15) is 40.0 Å². The number of hydrogen-bond acceptors (Lipinski definition) is 4. The van der Waals surface area contributed by atoms with Gasteiger partial charge in [0.1, 0.15) is 5.76 Å². The highest BCUT2D eigenvalue weighted by Gasteiger charge is 2.31. The number of aromatic nitrogens is 1. The molecule has 0 N–H and O–H groups in total. The molecule has 29 heavy (non-hydrogen) atoms. The molecule has 0 aliphatic carbocycles. The van der Waals surface area contributed by atoms with Gasteiger partial charge in [-0.25, -0.2) is 4.79 Å². The summed E-state index contributed by atoms with van der Waals surface area (Å²) in [4.78, 5) is 27.1. The number of para-hydroxylation sites is 1. The van der Waals surface area contributed by atoms with Crippen molar-refractivity contribution in [1.82, 2.24) is 4.57 Å². The molecule has 0 bridgehead atoms. The quantitative estimate of drug-likeness (QED) is 0.618. The molecule has 0 saturated heterocycles. The van der Waals surface area contributed by atoms with Gasteiger partial charge in [-0.3, -0.25) is 4.79 Å². The van der Waals surface area contributed by atoms with Gasteiger partial charge in [-0.15, -0.1) is 0 Å². The number of ether oxygens (including phenoxy) is 1. The van der Waals surface area contributed by atoms with Crippen LogP contribution < -0.4 is 4.90 Å². The molecule has 1 amide bonds. The number of furan rings is 1. The zero-order valence-corrected chi connectivity index (χ0v) is 16.8. The molecule has 3 heterocycles. The summed E-state index contributed by atoms with van der Waals surface area (Å²) in [6.07, 6.45) is 2.44. The zero-order valence-electron chi connectivity index (χ0n) is 16.8. The number of carbonyl (C=O) groups is 2. The lowest BCUT2D eigenvalue weighted by Crippen LogP contribution is -2.38. The molecule has 1 aromatic carbocycles. The summed E-state index contributed by atoms with van der Waals surface area (Å²) in [7, 11) is 0. The van der Waals surface area contributed by atoms with Gasteiger partial charge in [-0.1, -0.05) is 18.2 Å². The SMILES string of the molecule is Cc1cc(C(=O)OCC(=O)N2c3ccccc3C[C@@H]2C)c(C)n1Cc1ccco1. The van der Waals surface area contributed by atoms with Crippen LogP contribution >= 0.6 is 0 Å². The topological polar surface area (TPSA) is 64.7 Å². The maximum absolute atomic E-state index is 12.8. The van der Waals surface area contributed by atoms with Crippen LogP contribution in [0, 0.1) is 13.8 Å². The molecule has 0 fully saturated rings. The van der Waals surface area contributed by atoms with Gasteiger partial charge in [0.15, 0.2) is 6.61 Å². The highest BCUT2D eigenvalue weighted by atomic mass is 16.5. The fourth-order valence-corrected chi connectivity index (χ4v) is 4.03. The van der Waals surface area contributed by atoms with Crippen LogP contribution in [0.5, 0.6) is 0 Å². The van der Waals surface area contributed by atoms with Gasteiger partial charge in [0.25, 0.3) is 5.91 Å². The first kappa shape index (κ1) is 19.1. The molecule has 1 aliphatic heterocycles. The van der Waals surface area contributed by atoms with Crippen molar-refractivity contribution in [3.63, 3.8) is 0 Å². The van der Waals surface area contributed by atoms with Crippen molar-refractivity contribution in [3.05, 3.63) is 77.0 Å². The van der Waals surface area contributed by atoms with E-state index in [2.05, 4.69) is 0 Å². The largest absolute Gasteiger partial charge is 0.467 e. The maximum Gasteiger partial charge on any atom is 0.340 e. The van der Waals surface area contributed by atoms with E-state index in [1.807, 2.05) is 61.7 Å². The van der Waals surface area contributed by atoms with Crippen molar-refractivity contribution in [2.75, 3.05) is 11.5 Å². The van der Waals surface area contributed by atoms with Crippen molar-refractivity contribution < 1.29 is 18.7 Å². The molecule has 150 valence electrons. The van der Waals surface area contributed by atoms with E-state index in [0.29, 0.717) is 12.1 Å². The maximum atomic E-state index is 12.8. The molecule has 3 aromatic rings. The first-order chi connectivity index (χ1) is 14.0. The van der Waals surface area contributed by atoms with Crippen LogP contribution in [0.25, 0.3) is 0 Å². The molecule has 0 spiro atoms. The Morgan fingerprint density at radius 1 is 1.17 bits per heavy atom. The predicted octanol–water partition coefficient (Wildman–Crippen LogP) is 3.88. The Balaban J connectivity index is 1.44. The molecule has 1 aliphatic rings. The minimum atomic E-state index is -0.489. The molecular formula is C23H24N2O4. The highest BCUT2D eigenvalue weighted by molar-refractivity contribution is 5.99. The van der Waals surface area contributed by atoms with Crippen molar-refractivity contribution >= 4 is 17.6 Å². The number of anilines is 1. The van der Waals surface area contributed by atoms with E-state index < -0.39 is 5.97 Å². The summed E-state index contributed by atoms with van der Waals surface area (Å²) in [6.45, 7) is 6.06. The number of amides is 1. The Hall–Kier alpha value is -3.28. The Labute approximate surface area is 169 Å². The number of benzene rings is 1. The smallest absolute Gasteiger partial charge is 0.340 e. The van der Waals surface area contributed by atoms with Gasteiger partial charge in [0.05, 0.1) is 18.4 Å². The second-order valence-corrected chi connectivity index (χ2v) is 7.47. The van der Waals surface area contributed by atoms with E-state index in [-0.39, 0.29) is 18.6 Å². The first-order valence-corrected chi connectivity index (χ1v) is 9.72. The van der Waals surface area contributed by atoms with E-state index in [1.165, 1.54) is 0 Å². The van der Waals surface area contributed by atoms with Crippen LogP contribution in [0.4, 0.5) is 5.69 Å². The van der Waals surface area contributed by atoms with E-state index in [4.69, 9.17) is 9.15 Å². The van der Waals surface area contributed by atoms with E-state index >= 15 is 0 Å². The number of esters is 1. The molecule has 0 unspecified atom stereocenters. The zero-order chi connectivity index (χ0) is 20.5. The monoisotopic (exact) mass is 392 g/mol. The van der Waals surface area contributed by atoms with Crippen LogP contribution in [-0.4, -0.2) is 29.1 Å². The highest BCUT2D eigenvalue weighted by Crippen LogP contribution is 2.31. The number of fused-ring (bicyclic) bond motifs is 1. The number of hydrogen-bond donors (Lipinski definition) is 0. The fraction of sp³-hybridized carbons (Fsp3) is 0.304. The van der Waals surface area contributed by atoms with Gasteiger partial charge in [-0.05, 0) is 57.0 Å². The minimum Gasteiger partial charge on any atom is -0.467 e. The third-order valence-electron chi connectivity index (χ3n) is 5.49. The third kappa shape index (κ3) is 3.58. The molecule has 2 aromatic heterocycles. The van der Waals surface area contributed by atoms with Crippen molar-refractivity contribution in [1.29, 1.82) is 0 Å². The summed E-state index contributed by atoms with van der Waals surface area (Å²) in [5, 5.41) is 0. The minimum absolute atomic E-state index is 0.0527. The molecule has 4 rings (SSSR count). The molecular weight excluding hydrogens is 368 g/mol. The summed E-state index contributed by atoms with van der Waals surface area (Å²) >= 11 is 0. The van der Waals surface area contributed by atoms with Gasteiger partial charge < -0.3 is 18.6 Å². The Kier molecular flexibility index (Phi) is 5.01. The van der Waals surface area contributed by atoms with Gasteiger partial charge in [-0.2, -0.15) is 0 Å². The summed E-state index contributed by atoms with van der Waals surface area (Å²) < 4.78 is 12.8. The number of nitrogens with zero attached hydrogens (tertiary/aromatic N) is 2. The Bertz CT molecular complexity index is 1050. The standard InChI is InChI=1S/C23H24N2O4/c1-15-12-20(17(3)24(15)13-19-8-6-10-28-19)23(27)29-14-22(26)25-16(2)11-18-7-4-5-9-21(18)25/h4-10,12,16H,11,13-14H2,1-3H3/t16-/m0/s1. The second-order valence-electron chi connectivity index (χ2n) is 7.47. The van der Waals surface area contributed by atoms with Gasteiger partial charge >= 0.3 is 5.97 Å². The number of aryl methyl sites for hydroxylation is 1. The lowest BCUT2D eigenvalue weighted by atomic mass is 10.1. The summed E-state index contributed by atoms with van der Waals surface area (Å²) in [5.41, 5.74) is 4.23. The normalized spacial score (nSPS) is 15.4. The molecule has 6 heteroatoms. The molecule has 1 atom stereocenters. The lowest BCUT2D eigenvalue weighted by molar-refractivity contribution is -0.122. The first-order valence-electron chi connectivity index (χ1n) is 9.72. The van der Waals surface area contributed by atoms with Crippen LogP contribution in [0.3, 0.4) is 0 Å².